The van der Waals surface area contributed by atoms with E-state index in [1.165, 1.54) is 0 Å². The molecule has 2 aromatic heterocycles. The largest absolute Gasteiger partial charge is 0.382 e. The zero-order valence-corrected chi connectivity index (χ0v) is 20.0. The van der Waals surface area contributed by atoms with E-state index < -0.39 is 10.0 Å². The second kappa shape index (κ2) is 9.55. The predicted octanol–water partition coefficient (Wildman–Crippen LogP) is 4.92. The molecule has 3 aromatic rings. The van der Waals surface area contributed by atoms with Gasteiger partial charge in [-0.25, -0.2) is 12.7 Å². The van der Waals surface area contributed by atoms with Crippen molar-refractivity contribution >= 4 is 26.5 Å². The van der Waals surface area contributed by atoms with Crippen LogP contribution in [0.25, 0.3) is 21.9 Å². The Hall–Kier alpha value is -2.51. The topological polar surface area (TPSA) is 75.2 Å². The molecule has 1 aliphatic heterocycles. The van der Waals surface area contributed by atoms with Crippen LogP contribution in [-0.2, 0) is 10.0 Å². The molecule has 0 bridgehead atoms. The van der Waals surface area contributed by atoms with Gasteiger partial charge in [-0.3, -0.25) is 9.97 Å². The summed E-state index contributed by atoms with van der Waals surface area (Å²) in [5, 5.41) is 5.91. The minimum atomic E-state index is -3.14. The first-order chi connectivity index (χ1) is 15.4. The average Bonchev–Trinajstić information content (AvgIpc) is 2.77. The molecule has 0 unspecified atom stereocenters. The van der Waals surface area contributed by atoms with Crippen molar-refractivity contribution < 1.29 is 8.42 Å². The van der Waals surface area contributed by atoms with Gasteiger partial charge in [0, 0.05) is 54.0 Å². The average molecular weight is 453 g/mol. The highest BCUT2D eigenvalue weighted by molar-refractivity contribution is 7.89. The number of benzene rings is 1. The number of nitrogens with one attached hydrogen (secondary N) is 1. The Bertz CT molecular complexity index is 1180. The van der Waals surface area contributed by atoms with Crippen molar-refractivity contribution in [2.45, 2.75) is 52.5 Å². The number of aryl methyl sites for hydroxylation is 2. The van der Waals surface area contributed by atoms with Crippen molar-refractivity contribution in [3.8, 4) is 11.1 Å². The molecule has 0 saturated carbocycles. The summed E-state index contributed by atoms with van der Waals surface area (Å²) < 4.78 is 26.7. The van der Waals surface area contributed by atoms with Crippen molar-refractivity contribution in [2.75, 3.05) is 24.2 Å². The molecule has 1 saturated heterocycles. The van der Waals surface area contributed by atoms with E-state index in [4.69, 9.17) is 0 Å². The summed E-state index contributed by atoms with van der Waals surface area (Å²) in [4.78, 5) is 8.84. The standard InChI is InChI=1S/C25H32N4O2S/c1-4-5-12-32(30,31)29-10-7-23(8-11-29)28-25-16-22(15-20-6-9-26-17-24(20)25)21-13-18(2)27-19(3)14-21/h6,9,13-17,23,28H,4-5,7-8,10-12H2,1-3H3. The molecular weight excluding hydrogens is 420 g/mol. The lowest BCUT2D eigenvalue weighted by Gasteiger charge is -2.32. The smallest absolute Gasteiger partial charge is 0.214 e. The number of hydrogen-bond acceptors (Lipinski definition) is 5. The van der Waals surface area contributed by atoms with Gasteiger partial charge in [0.1, 0.15) is 0 Å². The highest BCUT2D eigenvalue weighted by Gasteiger charge is 2.27. The number of aromatic nitrogens is 2. The fraction of sp³-hybridized carbons (Fsp3) is 0.440. The Morgan fingerprint density at radius 3 is 2.44 bits per heavy atom. The molecule has 32 heavy (non-hydrogen) atoms. The Labute approximate surface area is 191 Å². The van der Waals surface area contributed by atoms with Gasteiger partial charge in [-0.2, -0.15) is 0 Å². The van der Waals surface area contributed by atoms with Gasteiger partial charge in [-0.05, 0) is 80.0 Å². The maximum atomic E-state index is 12.5. The number of anilines is 1. The lowest BCUT2D eigenvalue weighted by Crippen LogP contribution is -2.43. The number of sulfonamides is 1. The van der Waals surface area contributed by atoms with E-state index in [9.17, 15) is 8.42 Å². The number of nitrogens with zero attached hydrogens (tertiary/aromatic N) is 3. The molecule has 4 rings (SSSR count). The fourth-order valence-corrected chi connectivity index (χ4v) is 6.12. The van der Waals surface area contributed by atoms with Crippen LogP contribution in [0.4, 0.5) is 5.69 Å². The molecule has 1 aliphatic rings. The van der Waals surface area contributed by atoms with Crippen LogP contribution in [0, 0.1) is 13.8 Å². The molecule has 0 radical (unpaired) electrons. The second-order valence-corrected chi connectivity index (χ2v) is 10.8. The van der Waals surface area contributed by atoms with Crippen LogP contribution >= 0.6 is 0 Å². The SMILES string of the molecule is CCCCS(=O)(=O)N1CCC(Nc2cc(-c3cc(C)nc(C)c3)cc3ccncc23)CC1. The molecular formula is C25H32N4O2S. The van der Waals surface area contributed by atoms with Gasteiger partial charge < -0.3 is 5.32 Å². The number of rotatable bonds is 7. The van der Waals surface area contributed by atoms with Crippen molar-refractivity contribution in [1.82, 2.24) is 14.3 Å². The van der Waals surface area contributed by atoms with E-state index in [1.807, 2.05) is 39.2 Å². The minimum absolute atomic E-state index is 0.229. The van der Waals surface area contributed by atoms with Gasteiger partial charge in [0.25, 0.3) is 0 Å². The van der Waals surface area contributed by atoms with Gasteiger partial charge in [0.2, 0.25) is 10.0 Å². The van der Waals surface area contributed by atoms with Crippen LogP contribution in [0.2, 0.25) is 0 Å². The van der Waals surface area contributed by atoms with Crippen molar-refractivity contribution in [3.05, 3.63) is 54.1 Å². The Morgan fingerprint density at radius 1 is 1.06 bits per heavy atom. The number of unbranched alkanes of at least 4 members (excludes halogenated alkanes) is 1. The summed E-state index contributed by atoms with van der Waals surface area (Å²) in [6.45, 7) is 7.20. The number of fused-ring (bicyclic) bond motifs is 1. The van der Waals surface area contributed by atoms with Crippen LogP contribution in [0.5, 0.6) is 0 Å². The van der Waals surface area contributed by atoms with Crippen LogP contribution < -0.4 is 5.32 Å². The lowest BCUT2D eigenvalue weighted by atomic mass is 9.99. The number of pyridine rings is 2. The molecule has 0 aliphatic carbocycles. The third kappa shape index (κ3) is 5.10. The second-order valence-electron chi connectivity index (χ2n) is 8.75. The third-order valence-corrected chi connectivity index (χ3v) is 8.09. The maximum Gasteiger partial charge on any atom is 0.214 e. The molecule has 1 aromatic carbocycles. The molecule has 7 heteroatoms. The summed E-state index contributed by atoms with van der Waals surface area (Å²) in [7, 11) is -3.14. The lowest BCUT2D eigenvalue weighted by molar-refractivity contribution is 0.329. The van der Waals surface area contributed by atoms with Crippen LogP contribution in [0.1, 0.15) is 44.0 Å². The van der Waals surface area contributed by atoms with Crippen LogP contribution in [0.3, 0.4) is 0 Å². The first-order valence-electron chi connectivity index (χ1n) is 11.4. The summed E-state index contributed by atoms with van der Waals surface area (Å²) in [5.41, 5.74) is 5.33. The number of piperidine rings is 1. The van der Waals surface area contributed by atoms with E-state index in [-0.39, 0.29) is 11.8 Å². The number of hydrogen-bond donors (Lipinski definition) is 1. The van der Waals surface area contributed by atoms with Gasteiger partial charge in [-0.1, -0.05) is 13.3 Å². The fourth-order valence-electron chi connectivity index (χ4n) is 4.44. The van der Waals surface area contributed by atoms with E-state index in [1.54, 1.807) is 4.31 Å². The summed E-state index contributed by atoms with van der Waals surface area (Å²) in [5.74, 6) is 0.255. The molecule has 0 spiro atoms. The van der Waals surface area contributed by atoms with Crippen LogP contribution in [-0.4, -0.2) is 47.6 Å². The van der Waals surface area contributed by atoms with Crippen molar-refractivity contribution in [1.29, 1.82) is 0 Å². The summed E-state index contributed by atoms with van der Waals surface area (Å²) >= 11 is 0. The molecule has 0 atom stereocenters. The molecule has 0 amide bonds. The molecule has 1 N–H and O–H groups in total. The molecule has 6 nitrogen and oxygen atoms in total. The zero-order valence-electron chi connectivity index (χ0n) is 19.1. The zero-order chi connectivity index (χ0) is 22.7. The first kappa shape index (κ1) is 22.7. The van der Waals surface area contributed by atoms with Crippen molar-refractivity contribution in [3.63, 3.8) is 0 Å². The Balaban J connectivity index is 1.57. The molecule has 1 fully saturated rings. The predicted molar refractivity (Wildman–Crippen MR) is 131 cm³/mol. The quantitative estimate of drug-likeness (QED) is 0.551. The highest BCUT2D eigenvalue weighted by Crippen LogP contribution is 2.32. The first-order valence-corrected chi connectivity index (χ1v) is 13.0. The van der Waals surface area contributed by atoms with Gasteiger partial charge >= 0.3 is 0 Å². The third-order valence-electron chi connectivity index (χ3n) is 6.13. The van der Waals surface area contributed by atoms with Gasteiger partial charge in [-0.15, -0.1) is 0 Å². The summed E-state index contributed by atoms with van der Waals surface area (Å²) in [6, 6.07) is 10.9. The van der Waals surface area contributed by atoms with E-state index in [0.29, 0.717) is 13.1 Å². The molecule has 170 valence electrons. The minimum Gasteiger partial charge on any atom is -0.382 e. The Morgan fingerprint density at radius 2 is 1.75 bits per heavy atom. The van der Waals surface area contributed by atoms with Crippen molar-refractivity contribution in [2.24, 2.45) is 0 Å². The van der Waals surface area contributed by atoms with E-state index in [0.717, 1.165) is 64.7 Å². The monoisotopic (exact) mass is 452 g/mol. The van der Waals surface area contributed by atoms with Gasteiger partial charge in [0.15, 0.2) is 0 Å². The normalized spacial score (nSPS) is 15.8. The highest BCUT2D eigenvalue weighted by atomic mass is 32.2. The summed E-state index contributed by atoms with van der Waals surface area (Å²) in [6.07, 6.45) is 6.93. The molecule has 3 heterocycles. The Kier molecular flexibility index (Phi) is 6.76. The van der Waals surface area contributed by atoms with Gasteiger partial charge in [0.05, 0.1) is 5.75 Å². The van der Waals surface area contributed by atoms with E-state index in [2.05, 4.69) is 39.6 Å². The maximum absolute atomic E-state index is 12.5. The van der Waals surface area contributed by atoms with E-state index >= 15 is 0 Å². The van der Waals surface area contributed by atoms with Crippen LogP contribution in [0.15, 0.2) is 42.7 Å².